The van der Waals surface area contributed by atoms with Crippen LogP contribution in [0.4, 0.5) is 5.82 Å². The summed E-state index contributed by atoms with van der Waals surface area (Å²) in [5.74, 6) is 1.46. The Morgan fingerprint density at radius 1 is 1.24 bits per heavy atom. The lowest BCUT2D eigenvalue weighted by Crippen LogP contribution is -2.14. The average Bonchev–Trinajstić information content (AvgIpc) is 3.33. The molecule has 0 aliphatic heterocycles. The Hall–Kier alpha value is -1.59. The summed E-state index contributed by atoms with van der Waals surface area (Å²) in [7, 11) is 0. The van der Waals surface area contributed by atoms with Crippen LogP contribution in [0.5, 0.6) is 0 Å². The van der Waals surface area contributed by atoms with E-state index in [0.717, 1.165) is 34.2 Å². The van der Waals surface area contributed by atoms with Crippen molar-refractivity contribution in [3.63, 3.8) is 0 Å². The van der Waals surface area contributed by atoms with Gasteiger partial charge in [0.2, 0.25) is 5.91 Å². The Morgan fingerprint density at radius 2 is 2.05 bits per heavy atom. The topological polar surface area (TPSA) is 54.9 Å². The zero-order valence-corrected chi connectivity index (χ0v) is 12.8. The number of nitrogens with zero attached hydrogens (tertiary/aromatic N) is 2. The maximum Gasteiger partial charge on any atom is 0.228 e. The quantitative estimate of drug-likeness (QED) is 0.852. The van der Waals surface area contributed by atoms with Gasteiger partial charge in [-0.3, -0.25) is 4.79 Å². The molecule has 1 aromatic heterocycles. The fraction of sp³-hybridized carbons (Fsp3) is 0.267. The van der Waals surface area contributed by atoms with Gasteiger partial charge in [-0.2, -0.15) is 0 Å². The van der Waals surface area contributed by atoms with Crippen LogP contribution in [0.2, 0.25) is 5.02 Å². The van der Waals surface area contributed by atoms with Crippen molar-refractivity contribution in [3.8, 4) is 0 Å². The van der Waals surface area contributed by atoms with E-state index in [4.69, 9.17) is 11.6 Å². The van der Waals surface area contributed by atoms with E-state index in [1.54, 1.807) is 17.8 Å². The Balaban J connectivity index is 1.56. The number of anilines is 1. The van der Waals surface area contributed by atoms with E-state index in [9.17, 15) is 4.79 Å². The summed E-state index contributed by atoms with van der Waals surface area (Å²) in [6.45, 7) is 0. The number of aromatic nitrogens is 2. The molecule has 0 bridgehead atoms. The fourth-order valence-electron chi connectivity index (χ4n) is 1.80. The molecule has 108 valence electrons. The number of benzene rings is 1. The second-order valence-corrected chi connectivity index (χ2v) is 6.30. The van der Waals surface area contributed by atoms with Gasteiger partial charge in [-0.1, -0.05) is 41.6 Å². The van der Waals surface area contributed by atoms with E-state index in [0.29, 0.717) is 5.82 Å². The first-order chi connectivity index (χ1) is 10.2. The monoisotopic (exact) mass is 319 g/mol. The molecule has 1 fully saturated rings. The zero-order valence-electron chi connectivity index (χ0n) is 11.3. The lowest BCUT2D eigenvalue weighted by atomic mass is 10.2. The summed E-state index contributed by atoms with van der Waals surface area (Å²) in [6.07, 6.45) is 1.95. The van der Waals surface area contributed by atoms with Gasteiger partial charge >= 0.3 is 0 Å². The molecule has 1 N–H and O–H groups in total. The molecule has 2 aromatic rings. The molecule has 1 aliphatic carbocycles. The van der Waals surface area contributed by atoms with Crippen molar-refractivity contribution < 1.29 is 4.79 Å². The lowest BCUT2D eigenvalue weighted by Gasteiger charge is -2.05. The molecule has 1 heterocycles. The number of thioether (sulfide) groups is 1. The van der Waals surface area contributed by atoms with E-state index >= 15 is 0 Å². The summed E-state index contributed by atoms with van der Waals surface area (Å²) < 4.78 is 0. The van der Waals surface area contributed by atoms with Crippen molar-refractivity contribution in [1.29, 1.82) is 0 Å². The molecular formula is C15H14ClN3OS. The smallest absolute Gasteiger partial charge is 0.228 e. The van der Waals surface area contributed by atoms with E-state index in [1.165, 1.54) is 0 Å². The number of rotatable bonds is 5. The number of carbonyl (C=O) groups excluding carboxylic acids is 1. The minimum absolute atomic E-state index is 0.0424. The van der Waals surface area contributed by atoms with E-state index in [-0.39, 0.29) is 11.8 Å². The molecule has 0 unspecified atom stereocenters. The first-order valence-corrected chi connectivity index (χ1v) is 8.09. The first-order valence-electron chi connectivity index (χ1n) is 6.73. The largest absolute Gasteiger partial charge is 0.309 e. The van der Waals surface area contributed by atoms with Gasteiger partial charge in [0, 0.05) is 16.7 Å². The summed E-state index contributed by atoms with van der Waals surface area (Å²) >= 11 is 7.67. The molecule has 1 amide bonds. The van der Waals surface area contributed by atoms with Crippen molar-refractivity contribution in [3.05, 3.63) is 47.0 Å². The van der Waals surface area contributed by atoms with E-state index in [2.05, 4.69) is 15.5 Å². The number of halogens is 1. The van der Waals surface area contributed by atoms with Gasteiger partial charge in [0.05, 0.1) is 0 Å². The molecule has 3 rings (SSSR count). The molecule has 1 aliphatic rings. The van der Waals surface area contributed by atoms with E-state index in [1.807, 2.05) is 30.3 Å². The highest BCUT2D eigenvalue weighted by Crippen LogP contribution is 2.30. The van der Waals surface area contributed by atoms with Gasteiger partial charge < -0.3 is 5.32 Å². The Labute approximate surface area is 132 Å². The third-order valence-corrected chi connectivity index (χ3v) is 4.51. The van der Waals surface area contributed by atoms with Gasteiger partial charge in [-0.15, -0.1) is 10.2 Å². The van der Waals surface area contributed by atoms with Crippen LogP contribution >= 0.6 is 23.4 Å². The predicted octanol–water partition coefficient (Wildman–Crippen LogP) is 3.77. The normalized spacial score (nSPS) is 14.0. The molecular weight excluding hydrogens is 306 g/mol. The SMILES string of the molecule is O=C(Nc1ccc(SCc2ccccc2Cl)nn1)C1CC1. The number of hydrogen-bond donors (Lipinski definition) is 1. The molecule has 0 radical (unpaired) electrons. The number of amides is 1. The van der Waals surface area contributed by atoms with Crippen molar-refractivity contribution in [2.45, 2.75) is 23.6 Å². The van der Waals surface area contributed by atoms with Crippen LogP contribution < -0.4 is 5.32 Å². The number of nitrogens with one attached hydrogen (secondary N) is 1. The fourth-order valence-corrected chi connectivity index (χ4v) is 2.90. The molecule has 21 heavy (non-hydrogen) atoms. The number of carbonyl (C=O) groups is 1. The van der Waals surface area contributed by atoms with Crippen LogP contribution in [0.15, 0.2) is 41.4 Å². The van der Waals surface area contributed by atoms with Gasteiger partial charge in [0.15, 0.2) is 5.82 Å². The third kappa shape index (κ3) is 3.95. The summed E-state index contributed by atoms with van der Waals surface area (Å²) in [5, 5.41) is 12.5. The summed E-state index contributed by atoms with van der Waals surface area (Å²) in [6, 6.07) is 11.4. The predicted molar refractivity (Wildman–Crippen MR) is 84.4 cm³/mol. The molecule has 6 heteroatoms. The van der Waals surface area contributed by atoms with Crippen LogP contribution in [0, 0.1) is 5.92 Å². The van der Waals surface area contributed by atoms with Crippen molar-refractivity contribution >= 4 is 35.1 Å². The van der Waals surface area contributed by atoms with Gasteiger partial charge in [-0.05, 0) is 36.6 Å². The van der Waals surface area contributed by atoms with Gasteiger partial charge in [-0.25, -0.2) is 0 Å². The Kier molecular flexibility index (Phi) is 4.41. The Bertz CT molecular complexity index is 644. The summed E-state index contributed by atoms with van der Waals surface area (Å²) in [5.41, 5.74) is 1.07. The minimum atomic E-state index is 0.0424. The maximum atomic E-state index is 11.6. The highest BCUT2D eigenvalue weighted by atomic mass is 35.5. The second-order valence-electron chi connectivity index (χ2n) is 4.90. The molecule has 0 saturated heterocycles. The summed E-state index contributed by atoms with van der Waals surface area (Å²) in [4.78, 5) is 11.6. The van der Waals surface area contributed by atoms with Crippen molar-refractivity contribution in [1.82, 2.24) is 10.2 Å². The third-order valence-electron chi connectivity index (χ3n) is 3.17. The molecule has 0 atom stereocenters. The standard InChI is InChI=1S/C15H14ClN3OS/c16-12-4-2-1-3-11(12)9-21-14-8-7-13(18-19-14)17-15(20)10-5-6-10/h1-4,7-8,10H,5-6,9H2,(H,17,18,20). The number of hydrogen-bond acceptors (Lipinski definition) is 4. The highest BCUT2D eigenvalue weighted by Gasteiger charge is 2.29. The lowest BCUT2D eigenvalue weighted by molar-refractivity contribution is -0.117. The van der Waals surface area contributed by atoms with Gasteiger partial charge in [0.25, 0.3) is 0 Å². The van der Waals surface area contributed by atoms with Crippen LogP contribution in [-0.4, -0.2) is 16.1 Å². The molecule has 1 saturated carbocycles. The average molecular weight is 320 g/mol. The second kappa shape index (κ2) is 6.45. The maximum absolute atomic E-state index is 11.6. The highest BCUT2D eigenvalue weighted by molar-refractivity contribution is 7.98. The van der Waals surface area contributed by atoms with E-state index < -0.39 is 0 Å². The Morgan fingerprint density at radius 3 is 2.71 bits per heavy atom. The zero-order chi connectivity index (χ0) is 14.7. The molecule has 1 aromatic carbocycles. The van der Waals surface area contributed by atoms with Crippen molar-refractivity contribution in [2.75, 3.05) is 5.32 Å². The first kappa shape index (κ1) is 14.4. The van der Waals surface area contributed by atoms with Crippen LogP contribution in [0.3, 0.4) is 0 Å². The molecule has 4 nitrogen and oxygen atoms in total. The van der Waals surface area contributed by atoms with Crippen LogP contribution in [-0.2, 0) is 10.5 Å². The van der Waals surface area contributed by atoms with Crippen LogP contribution in [0.1, 0.15) is 18.4 Å². The van der Waals surface area contributed by atoms with Crippen molar-refractivity contribution in [2.24, 2.45) is 5.92 Å². The van der Waals surface area contributed by atoms with Gasteiger partial charge in [0.1, 0.15) is 5.03 Å². The molecule has 0 spiro atoms. The van der Waals surface area contributed by atoms with Crippen LogP contribution in [0.25, 0.3) is 0 Å². The minimum Gasteiger partial charge on any atom is -0.309 e.